The maximum Gasteiger partial charge on any atom is 0.442 e. The molecule has 1 aromatic heterocycles. The van der Waals surface area contributed by atoms with E-state index in [2.05, 4.69) is 10.6 Å². The van der Waals surface area contributed by atoms with Crippen molar-refractivity contribution < 1.29 is 14.0 Å². The monoisotopic (exact) mass is 390 g/mol. The number of carbonyl (C=O) groups is 1. The number of hydrogen-bond acceptors (Lipinski definition) is 4. The van der Waals surface area contributed by atoms with Gasteiger partial charge in [-0.2, -0.15) is 0 Å². The summed E-state index contributed by atoms with van der Waals surface area (Å²) in [5.41, 5.74) is 0.750. The van der Waals surface area contributed by atoms with Crippen LogP contribution >= 0.6 is 23.4 Å². The Labute approximate surface area is 159 Å². The number of rotatable bonds is 6. The second-order valence-corrected chi connectivity index (χ2v) is 7.04. The van der Waals surface area contributed by atoms with Gasteiger partial charge in [0.25, 0.3) is 0 Å². The van der Waals surface area contributed by atoms with Gasteiger partial charge in [0.05, 0.1) is 16.0 Å². The highest BCUT2D eigenvalue weighted by atomic mass is 35.5. The molecule has 2 aromatic carbocycles. The number of benzene rings is 2. The van der Waals surface area contributed by atoms with E-state index in [-0.39, 0.29) is 5.91 Å². The minimum Gasteiger partial charge on any atom is -0.324 e. The van der Waals surface area contributed by atoms with Crippen LogP contribution in [0.1, 0.15) is 13.3 Å². The third kappa shape index (κ3) is 4.00. The summed E-state index contributed by atoms with van der Waals surface area (Å²) in [7, 11) is 0. The summed E-state index contributed by atoms with van der Waals surface area (Å²) in [5, 5.41) is 5.66. The number of amides is 1. The van der Waals surface area contributed by atoms with Crippen LogP contribution in [0.2, 0.25) is 5.02 Å². The number of halogens is 1. The Morgan fingerprint density at radius 2 is 1.92 bits per heavy atom. The zero-order valence-corrected chi connectivity index (χ0v) is 15.5. The molecule has 8 heteroatoms. The average Bonchev–Trinajstić information content (AvgIpc) is 3.02. The van der Waals surface area contributed by atoms with Gasteiger partial charge in [0.1, 0.15) is 0 Å². The number of aromatic amines is 1. The minimum absolute atomic E-state index is 0.231. The van der Waals surface area contributed by atoms with E-state index in [0.717, 1.165) is 17.4 Å². The van der Waals surface area contributed by atoms with Crippen LogP contribution < -0.4 is 15.6 Å². The van der Waals surface area contributed by atoms with Crippen molar-refractivity contribution in [3.05, 3.63) is 70.0 Å². The summed E-state index contributed by atoms with van der Waals surface area (Å²) >= 11 is 7.24. The van der Waals surface area contributed by atoms with E-state index >= 15 is 0 Å². The Hall–Kier alpha value is -2.51. The fraction of sp³-hybridized carbons (Fsp3) is 0.167. The Morgan fingerprint density at radius 3 is 2.62 bits per heavy atom. The van der Waals surface area contributed by atoms with Crippen LogP contribution in [0.15, 0.2) is 68.9 Å². The highest BCUT2D eigenvalue weighted by molar-refractivity contribution is 8.00. The van der Waals surface area contributed by atoms with E-state index in [0.29, 0.717) is 22.2 Å². The highest BCUT2D eigenvalue weighted by Crippen LogP contribution is 2.25. The van der Waals surface area contributed by atoms with Crippen molar-refractivity contribution in [3.8, 4) is 5.69 Å². The van der Waals surface area contributed by atoms with Crippen molar-refractivity contribution in [2.75, 3.05) is 5.32 Å². The number of thioether (sulfide) groups is 1. The normalized spacial score (nSPS) is 11.9. The molecule has 0 saturated carbocycles. The Balaban J connectivity index is 1.83. The van der Waals surface area contributed by atoms with Crippen molar-refractivity contribution in [1.82, 2.24) is 5.27 Å². The first-order valence-corrected chi connectivity index (χ1v) is 9.27. The van der Waals surface area contributed by atoms with Gasteiger partial charge < -0.3 is 5.32 Å². The van der Waals surface area contributed by atoms with Crippen LogP contribution in [-0.2, 0) is 4.79 Å². The van der Waals surface area contributed by atoms with Crippen molar-refractivity contribution in [1.29, 1.82) is 0 Å². The third-order valence-electron chi connectivity index (χ3n) is 3.67. The summed E-state index contributed by atoms with van der Waals surface area (Å²) < 4.78 is 6.45. The van der Waals surface area contributed by atoms with E-state index < -0.39 is 10.9 Å². The van der Waals surface area contributed by atoms with Crippen LogP contribution in [0, 0.1) is 0 Å². The van der Waals surface area contributed by atoms with Crippen molar-refractivity contribution in [3.63, 3.8) is 0 Å². The molecule has 1 heterocycles. The van der Waals surface area contributed by atoms with E-state index in [1.165, 1.54) is 4.68 Å². The molecular weight excluding hydrogens is 374 g/mol. The quantitative estimate of drug-likeness (QED) is 0.499. The molecule has 1 atom stereocenters. The van der Waals surface area contributed by atoms with E-state index in [9.17, 15) is 9.59 Å². The SMILES string of the molecule is CCC(Sc1c(=O)o[nH][n+]1-c1ccccc1)C(=O)Nc1ccccc1Cl. The molecule has 0 aliphatic heterocycles. The molecule has 1 amide bonds. The molecule has 6 nitrogen and oxygen atoms in total. The van der Waals surface area contributed by atoms with Gasteiger partial charge in [0.2, 0.25) is 11.6 Å². The molecule has 134 valence electrons. The molecule has 0 radical (unpaired) electrons. The Morgan fingerprint density at radius 1 is 1.23 bits per heavy atom. The molecule has 3 aromatic rings. The summed E-state index contributed by atoms with van der Waals surface area (Å²) in [5.74, 6) is -0.231. The van der Waals surface area contributed by atoms with Crippen molar-refractivity contribution in [2.45, 2.75) is 23.6 Å². The van der Waals surface area contributed by atoms with Gasteiger partial charge in [-0.05, 0) is 40.3 Å². The first-order chi connectivity index (χ1) is 12.6. The molecule has 0 aliphatic rings. The lowest BCUT2D eigenvalue weighted by molar-refractivity contribution is -0.704. The summed E-state index contributed by atoms with van der Waals surface area (Å²) in [6, 6.07) is 16.3. The van der Waals surface area contributed by atoms with Crippen LogP contribution in [0.25, 0.3) is 5.69 Å². The summed E-state index contributed by atoms with van der Waals surface area (Å²) in [6.07, 6.45) is 0.528. The summed E-state index contributed by atoms with van der Waals surface area (Å²) in [6.45, 7) is 1.88. The zero-order chi connectivity index (χ0) is 18.5. The van der Waals surface area contributed by atoms with Crippen molar-refractivity contribution >= 4 is 35.0 Å². The van der Waals surface area contributed by atoms with E-state index in [1.807, 2.05) is 37.3 Å². The van der Waals surface area contributed by atoms with Gasteiger partial charge in [-0.3, -0.25) is 9.32 Å². The number of carbonyl (C=O) groups excluding carboxylic acids is 1. The largest absolute Gasteiger partial charge is 0.442 e. The molecular formula is C18H17ClN3O3S+. The maximum atomic E-state index is 12.6. The standard InChI is InChI=1S/C18H16ClN3O3S/c1-2-15(16(23)20-14-11-7-6-10-13(14)19)26-17-18(24)25-21-22(17)12-8-4-3-5-9-12/h3-11,15H,2H2,1H3,(H-,20,21,23,24)/p+1. The molecule has 26 heavy (non-hydrogen) atoms. The van der Waals surface area contributed by atoms with Gasteiger partial charge in [-0.1, -0.05) is 48.9 Å². The molecule has 2 N–H and O–H groups in total. The molecule has 0 bridgehead atoms. The second-order valence-electron chi connectivity index (χ2n) is 5.44. The van der Waals surface area contributed by atoms with E-state index in [4.69, 9.17) is 16.1 Å². The number of H-pyrrole nitrogens is 1. The molecule has 0 fully saturated rings. The van der Waals surface area contributed by atoms with Gasteiger partial charge in [-0.25, -0.2) is 4.79 Å². The Bertz CT molecular complexity index is 956. The lowest BCUT2D eigenvalue weighted by atomic mass is 10.2. The number of aromatic nitrogens is 2. The van der Waals surface area contributed by atoms with Crippen molar-refractivity contribution in [2.24, 2.45) is 0 Å². The number of para-hydroxylation sites is 2. The molecule has 1 unspecified atom stereocenters. The van der Waals surface area contributed by atoms with Crippen LogP contribution in [0.5, 0.6) is 0 Å². The van der Waals surface area contributed by atoms with Crippen LogP contribution in [0.3, 0.4) is 0 Å². The zero-order valence-electron chi connectivity index (χ0n) is 13.9. The van der Waals surface area contributed by atoms with Gasteiger partial charge >= 0.3 is 10.7 Å². The predicted octanol–water partition coefficient (Wildman–Crippen LogP) is 3.41. The smallest absolute Gasteiger partial charge is 0.324 e. The predicted molar refractivity (Wildman–Crippen MR) is 101 cm³/mol. The topological polar surface area (TPSA) is 79.0 Å². The van der Waals surface area contributed by atoms with Gasteiger partial charge in [0, 0.05) is 12.1 Å². The number of nitrogens with zero attached hydrogens (tertiary/aromatic N) is 1. The van der Waals surface area contributed by atoms with Crippen LogP contribution in [-0.4, -0.2) is 16.4 Å². The van der Waals surface area contributed by atoms with Gasteiger partial charge in [0.15, 0.2) is 0 Å². The van der Waals surface area contributed by atoms with Crippen LogP contribution in [0.4, 0.5) is 5.69 Å². The minimum atomic E-state index is -0.525. The number of nitrogens with one attached hydrogen (secondary N) is 2. The molecule has 0 saturated heterocycles. The van der Waals surface area contributed by atoms with Gasteiger partial charge in [-0.15, -0.1) is 0 Å². The Kier molecular flexibility index (Phi) is 5.80. The second kappa shape index (κ2) is 8.25. The highest BCUT2D eigenvalue weighted by Gasteiger charge is 2.30. The number of anilines is 1. The maximum absolute atomic E-state index is 12.6. The lowest BCUT2D eigenvalue weighted by Gasteiger charge is -2.12. The average molecular weight is 391 g/mol. The molecule has 0 aliphatic carbocycles. The first-order valence-electron chi connectivity index (χ1n) is 8.01. The molecule has 3 rings (SSSR count). The fourth-order valence-electron chi connectivity index (χ4n) is 2.34. The first kappa shape index (κ1) is 18.3. The molecule has 0 spiro atoms. The fourth-order valence-corrected chi connectivity index (χ4v) is 3.52. The lowest BCUT2D eigenvalue weighted by Crippen LogP contribution is -2.37. The van der Waals surface area contributed by atoms with E-state index in [1.54, 1.807) is 24.3 Å². The summed E-state index contributed by atoms with van der Waals surface area (Å²) in [4.78, 5) is 24.7. The third-order valence-corrected chi connectivity index (χ3v) is 5.40. The number of hydrogen-bond donors (Lipinski definition) is 2.